The van der Waals surface area contributed by atoms with E-state index in [9.17, 15) is 0 Å². The highest BCUT2D eigenvalue weighted by Crippen LogP contribution is 2.00. The number of aryl methyl sites for hydroxylation is 1. The Morgan fingerprint density at radius 3 is 3.00 bits per heavy atom. The molecule has 2 heterocycles. The Balaban J connectivity index is 1.94. The molecular weight excluding hydrogens is 228 g/mol. The van der Waals surface area contributed by atoms with Crippen LogP contribution in [0.5, 0.6) is 0 Å². The molecule has 0 fully saturated rings. The molecule has 2 N–H and O–H groups in total. The number of nitrogens with one attached hydrogen (secondary N) is 1. The average Bonchev–Trinajstić information content (AvgIpc) is 2.90. The van der Waals surface area contributed by atoms with Crippen LogP contribution in [0, 0.1) is 4.77 Å². The molecule has 0 saturated carbocycles. The monoisotopic (exact) mass is 240 g/mol. The van der Waals surface area contributed by atoms with E-state index in [4.69, 9.17) is 17.3 Å². The molecule has 0 saturated heterocycles. The summed E-state index contributed by atoms with van der Waals surface area (Å²) < 4.78 is 4.07. The van der Waals surface area contributed by atoms with Crippen molar-refractivity contribution in [3.05, 3.63) is 23.0 Å². The molecule has 0 spiro atoms. The van der Waals surface area contributed by atoms with Crippen LogP contribution in [0.4, 0.5) is 0 Å². The van der Waals surface area contributed by atoms with E-state index in [1.807, 2.05) is 6.20 Å². The van der Waals surface area contributed by atoms with Crippen LogP contribution in [0.1, 0.15) is 12.2 Å². The lowest BCUT2D eigenvalue weighted by Gasteiger charge is -2.04. The number of hydrogen-bond donors (Lipinski definition) is 2. The third-order valence-corrected chi connectivity index (χ3v) is 2.53. The summed E-state index contributed by atoms with van der Waals surface area (Å²) in [6, 6.07) is 0. The number of aliphatic hydroxyl groups excluding tert-OH is 1. The van der Waals surface area contributed by atoms with Crippen molar-refractivity contribution in [2.45, 2.75) is 26.1 Å². The van der Waals surface area contributed by atoms with Crippen LogP contribution in [0.25, 0.3) is 0 Å². The minimum absolute atomic E-state index is 0.115. The summed E-state index contributed by atoms with van der Waals surface area (Å²) >= 11 is 5.05. The number of H-pyrrole nitrogens is 1. The van der Waals surface area contributed by atoms with Crippen LogP contribution < -0.4 is 0 Å². The zero-order valence-corrected chi connectivity index (χ0v) is 9.39. The van der Waals surface area contributed by atoms with Gasteiger partial charge in [0.15, 0.2) is 10.6 Å². The zero-order chi connectivity index (χ0) is 11.4. The molecule has 2 aromatic heterocycles. The number of hydrogen-bond acceptors (Lipinski definition) is 5. The van der Waals surface area contributed by atoms with Gasteiger partial charge in [-0.2, -0.15) is 5.10 Å². The summed E-state index contributed by atoms with van der Waals surface area (Å²) in [4.78, 5) is 0. The second-order valence-electron chi connectivity index (χ2n) is 3.27. The molecule has 0 radical (unpaired) electrons. The largest absolute Gasteiger partial charge is 0.388 e. The molecule has 0 aromatic carbocycles. The van der Waals surface area contributed by atoms with Gasteiger partial charge in [0.1, 0.15) is 6.61 Å². The summed E-state index contributed by atoms with van der Waals surface area (Å²) in [7, 11) is 0. The number of aromatic nitrogens is 6. The highest BCUT2D eigenvalue weighted by Gasteiger charge is 2.04. The molecule has 16 heavy (non-hydrogen) atoms. The first-order chi connectivity index (χ1) is 7.81. The van der Waals surface area contributed by atoms with E-state index in [-0.39, 0.29) is 6.61 Å². The van der Waals surface area contributed by atoms with Crippen LogP contribution in [0.2, 0.25) is 0 Å². The van der Waals surface area contributed by atoms with Gasteiger partial charge in [0.05, 0.1) is 6.20 Å². The van der Waals surface area contributed by atoms with Crippen molar-refractivity contribution in [3.63, 3.8) is 0 Å². The topological polar surface area (TPSA) is 84.5 Å². The number of rotatable bonds is 5. The van der Waals surface area contributed by atoms with Crippen LogP contribution in [-0.2, 0) is 19.7 Å². The Labute approximate surface area is 96.7 Å². The SMILES string of the molecule is OCc1n[nH]c(=S)n1CCCn1ccnn1. The van der Waals surface area contributed by atoms with Crippen molar-refractivity contribution in [1.82, 2.24) is 29.8 Å². The molecule has 0 aliphatic carbocycles. The molecule has 0 unspecified atom stereocenters. The average molecular weight is 240 g/mol. The molecule has 0 bridgehead atoms. The molecule has 2 aromatic rings. The van der Waals surface area contributed by atoms with E-state index in [1.165, 1.54) is 0 Å². The first-order valence-corrected chi connectivity index (χ1v) is 5.31. The van der Waals surface area contributed by atoms with Gasteiger partial charge >= 0.3 is 0 Å². The highest BCUT2D eigenvalue weighted by atomic mass is 32.1. The lowest BCUT2D eigenvalue weighted by atomic mass is 10.4. The Hall–Kier alpha value is -1.54. The van der Waals surface area contributed by atoms with E-state index in [0.29, 0.717) is 17.1 Å². The predicted octanol–water partition coefficient (Wildman–Crippen LogP) is 0.115. The van der Waals surface area contributed by atoms with Crippen LogP contribution in [0.3, 0.4) is 0 Å². The van der Waals surface area contributed by atoms with Gasteiger partial charge in [-0.1, -0.05) is 5.21 Å². The fraction of sp³-hybridized carbons (Fsp3) is 0.500. The number of nitrogens with zero attached hydrogens (tertiary/aromatic N) is 5. The van der Waals surface area contributed by atoms with E-state index in [2.05, 4.69) is 20.5 Å². The third-order valence-electron chi connectivity index (χ3n) is 2.22. The molecule has 0 atom stereocenters. The molecule has 86 valence electrons. The van der Waals surface area contributed by atoms with Crippen molar-refractivity contribution in [2.75, 3.05) is 0 Å². The van der Waals surface area contributed by atoms with Crippen molar-refractivity contribution in [3.8, 4) is 0 Å². The van der Waals surface area contributed by atoms with E-state index in [0.717, 1.165) is 13.0 Å². The summed E-state index contributed by atoms with van der Waals surface area (Å²) in [6.07, 6.45) is 4.30. The second kappa shape index (κ2) is 4.99. The molecule has 0 aliphatic heterocycles. The van der Waals surface area contributed by atoms with Gasteiger partial charge in [-0.25, -0.2) is 0 Å². The zero-order valence-electron chi connectivity index (χ0n) is 8.57. The maximum Gasteiger partial charge on any atom is 0.195 e. The van der Waals surface area contributed by atoms with Gasteiger partial charge in [-0.3, -0.25) is 9.78 Å². The smallest absolute Gasteiger partial charge is 0.195 e. The van der Waals surface area contributed by atoms with Gasteiger partial charge in [0.2, 0.25) is 0 Å². The first-order valence-electron chi connectivity index (χ1n) is 4.90. The van der Waals surface area contributed by atoms with E-state index >= 15 is 0 Å². The second-order valence-corrected chi connectivity index (χ2v) is 3.66. The number of aliphatic hydroxyl groups is 1. The Morgan fingerprint density at radius 2 is 2.31 bits per heavy atom. The molecule has 8 heteroatoms. The highest BCUT2D eigenvalue weighted by molar-refractivity contribution is 7.71. The van der Waals surface area contributed by atoms with Crippen molar-refractivity contribution >= 4 is 12.2 Å². The first kappa shape index (κ1) is 11.0. The number of aromatic amines is 1. The minimum atomic E-state index is -0.115. The van der Waals surface area contributed by atoms with Gasteiger partial charge in [0.25, 0.3) is 0 Å². The molecule has 0 amide bonds. The van der Waals surface area contributed by atoms with Crippen molar-refractivity contribution < 1.29 is 5.11 Å². The van der Waals surface area contributed by atoms with E-state index in [1.54, 1.807) is 15.4 Å². The summed E-state index contributed by atoms with van der Waals surface area (Å²) in [5.41, 5.74) is 0. The summed E-state index contributed by atoms with van der Waals surface area (Å²) in [5, 5.41) is 23.2. The summed E-state index contributed by atoms with van der Waals surface area (Å²) in [5.74, 6) is 0.559. The molecule has 7 nitrogen and oxygen atoms in total. The lowest BCUT2D eigenvalue weighted by Crippen LogP contribution is -2.08. The van der Waals surface area contributed by atoms with Crippen LogP contribution >= 0.6 is 12.2 Å². The Morgan fingerprint density at radius 1 is 1.44 bits per heavy atom. The molecule has 0 aliphatic rings. The van der Waals surface area contributed by atoms with Crippen LogP contribution in [0.15, 0.2) is 12.4 Å². The van der Waals surface area contributed by atoms with Gasteiger partial charge < -0.3 is 9.67 Å². The van der Waals surface area contributed by atoms with Gasteiger partial charge in [-0.15, -0.1) is 5.10 Å². The van der Waals surface area contributed by atoms with Crippen molar-refractivity contribution in [1.29, 1.82) is 0 Å². The standard InChI is InChI=1S/C8H12N6OS/c15-6-7-10-11-8(16)14(7)4-1-3-13-5-2-9-12-13/h2,5,15H,1,3-4,6H2,(H,11,16). The van der Waals surface area contributed by atoms with Gasteiger partial charge in [0, 0.05) is 19.3 Å². The maximum atomic E-state index is 9.04. The van der Waals surface area contributed by atoms with Crippen molar-refractivity contribution in [2.24, 2.45) is 0 Å². The van der Waals surface area contributed by atoms with Crippen LogP contribution in [-0.4, -0.2) is 34.9 Å². The fourth-order valence-electron chi connectivity index (χ4n) is 1.44. The third kappa shape index (κ3) is 2.34. The lowest BCUT2D eigenvalue weighted by molar-refractivity contribution is 0.263. The maximum absolute atomic E-state index is 9.04. The Bertz CT molecular complexity index is 487. The van der Waals surface area contributed by atoms with E-state index < -0.39 is 0 Å². The summed E-state index contributed by atoms with van der Waals surface area (Å²) in [6.45, 7) is 1.35. The Kier molecular flexibility index (Phi) is 3.42. The fourth-order valence-corrected chi connectivity index (χ4v) is 1.69. The minimum Gasteiger partial charge on any atom is -0.388 e. The normalized spacial score (nSPS) is 10.8. The quantitative estimate of drug-likeness (QED) is 0.725. The molecule has 2 rings (SSSR count). The predicted molar refractivity (Wildman–Crippen MR) is 58.0 cm³/mol. The molecular formula is C8H12N6OS. The van der Waals surface area contributed by atoms with Gasteiger partial charge in [-0.05, 0) is 18.6 Å².